The summed E-state index contributed by atoms with van der Waals surface area (Å²) in [6.45, 7) is 8.73. The molecule has 2 aliphatic rings. The number of benzene rings is 2. The predicted molar refractivity (Wildman–Crippen MR) is 132 cm³/mol. The van der Waals surface area contributed by atoms with Crippen LogP contribution in [0.25, 0.3) is 10.8 Å². The number of likely N-dealkylation sites (tertiary alicyclic amines) is 1. The number of piperidine rings is 1. The molecule has 1 aliphatic heterocycles. The van der Waals surface area contributed by atoms with Crippen LogP contribution in [0.2, 0.25) is 0 Å². The zero-order chi connectivity index (χ0) is 23.2. The highest BCUT2D eigenvalue weighted by molar-refractivity contribution is 5.84. The summed E-state index contributed by atoms with van der Waals surface area (Å²) in [4.78, 5) is 13.5. The molecule has 0 radical (unpaired) electrons. The lowest BCUT2D eigenvalue weighted by Crippen LogP contribution is -2.35. The van der Waals surface area contributed by atoms with E-state index in [1.165, 1.54) is 29.2 Å². The second-order valence-electron chi connectivity index (χ2n) is 10.4. The molecule has 2 fully saturated rings. The van der Waals surface area contributed by atoms with Crippen molar-refractivity contribution in [3.8, 4) is 5.75 Å². The number of carbonyl (C=O) groups is 1. The summed E-state index contributed by atoms with van der Waals surface area (Å²) in [5.74, 6) is 1.41. The maximum Gasteiger partial charge on any atom is 0.306 e. The van der Waals surface area contributed by atoms with E-state index in [0.717, 1.165) is 64.3 Å². The van der Waals surface area contributed by atoms with Crippen LogP contribution in [0.15, 0.2) is 36.4 Å². The van der Waals surface area contributed by atoms with Gasteiger partial charge in [0.05, 0.1) is 12.0 Å². The lowest BCUT2D eigenvalue weighted by Gasteiger charge is -2.30. The van der Waals surface area contributed by atoms with Crippen molar-refractivity contribution in [3.05, 3.63) is 42.0 Å². The van der Waals surface area contributed by atoms with E-state index in [9.17, 15) is 9.90 Å². The number of fused-ring (bicyclic) bond motifs is 1. The Bertz CT molecular complexity index is 911. The molecule has 180 valence electrons. The van der Waals surface area contributed by atoms with Gasteiger partial charge in [0.2, 0.25) is 0 Å². The van der Waals surface area contributed by atoms with Crippen molar-refractivity contribution in [2.24, 2.45) is 17.8 Å². The Morgan fingerprint density at radius 2 is 1.70 bits per heavy atom. The van der Waals surface area contributed by atoms with Crippen LogP contribution in [0.4, 0.5) is 0 Å². The average molecular weight is 454 g/mol. The summed E-state index contributed by atoms with van der Waals surface area (Å²) >= 11 is 0. The fraction of sp³-hybridized carbons (Fsp3) is 0.607. The fourth-order valence-corrected chi connectivity index (χ4v) is 5.12. The number of carboxylic acids is 1. The van der Waals surface area contributed by atoms with Gasteiger partial charge in [-0.15, -0.1) is 0 Å². The lowest BCUT2D eigenvalue weighted by atomic mass is 9.88. The van der Waals surface area contributed by atoms with Gasteiger partial charge < -0.3 is 14.6 Å². The first-order valence-electron chi connectivity index (χ1n) is 12.7. The number of carboxylic acid groups (broad SMARTS) is 1. The molecule has 0 amide bonds. The molecule has 1 aliphatic carbocycles. The third-order valence-electron chi connectivity index (χ3n) is 7.12. The minimum absolute atomic E-state index is 0.176. The van der Waals surface area contributed by atoms with Gasteiger partial charge in [0, 0.05) is 19.8 Å². The zero-order valence-electron chi connectivity index (χ0n) is 20.2. The molecule has 1 saturated carbocycles. The van der Waals surface area contributed by atoms with Gasteiger partial charge in [0.1, 0.15) is 5.75 Å². The predicted octanol–water partition coefficient (Wildman–Crippen LogP) is 5.75. The topological polar surface area (TPSA) is 59.0 Å². The van der Waals surface area contributed by atoms with Crippen LogP contribution in [-0.4, -0.2) is 48.4 Å². The normalized spacial score (nSPS) is 22.6. The largest absolute Gasteiger partial charge is 0.490 e. The van der Waals surface area contributed by atoms with E-state index in [2.05, 4.69) is 55.1 Å². The van der Waals surface area contributed by atoms with Gasteiger partial charge in [-0.1, -0.05) is 32.0 Å². The molecule has 0 spiro atoms. The smallest absolute Gasteiger partial charge is 0.306 e. The second kappa shape index (κ2) is 11.3. The number of hydrogen-bond acceptors (Lipinski definition) is 4. The Labute approximate surface area is 198 Å². The van der Waals surface area contributed by atoms with Gasteiger partial charge in [0.25, 0.3) is 0 Å². The van der Waals surface area contributed by atoms with Gasteiger partial charge in [-0.3, -0.25) is 9.69 Å². The van der Waals surface area contributed by atoms with Crippen molar-refractivity contribution in [2.75, 3.05) is 26.3 Å². The lowest BCUT2D eigenvalue weighted by molar-refractivity contribution is -0.143. The van der Waals surface area contributed by atoms with Gasteiger partial charge in [-0.2, -0.15) is 0 Å². The van der Waals surface area contributed by atoms with E-state index >= 15 is 0 Å². The van der Waals surface area contributed by atoms with Gasteiger partial charge in [-0.25, -0.2) is 0 Å². The third-order valence-corrected chi connectivity index (χ3v) is 7.12. The van der Waals surface area contributed by atoms with Crippen molar-refractivity contribution >= 4 is 16.7 Å². The standard InChI is InChI=1S/C28H39NO4/c1-20(2)18-32-19-21-4-8-26(9-5-21)33-27-10-7-24-15-22(3-6-25(24)16-27)17-29-13-11-23(12-14-29)28(30)31/h3,6-7,10,15-16,20-21,23,26H,4-5,8-9,11-14,17-19H2,1-2H3,(H,30,31)/t21-,26-. The maximum absolute atomic E-state index is 11.2. The summed E-state index contributed by atoms with van der Waals surface area (Å²) in [5.41, 5.74) is 1.28. The highest BCUT2D eigenvalue weighted by atomic mass is 16.5. The van der Waals surface area contributed by atoms with Crippen LogP contribution in [0.1, 0.15) is 57.9 Å². The number of nitrogens with zero attached hydrogens (tertiary/aromatic N) is 1. The number of hydrogen-bond donors (Lipinski definition) is 1. The Balaban J connectivity index is 1.26. The molecule has 4 rings (SSSR count). The van der Waals surface area contributed by atoms with Crippen LogP contribution in [0, 0.1) is 17.8 Å². The van der Waals surface area contributed by atoms with Crippen LogP contribution in [-0.2, 0) is 16.1 Å². The molecule has 33 heavy (non-hydrogen) atoms. The highest BCUT2D eigenvalue weighted by Gasteiger charge is 2.25. The van der Waals surface area contributed by atoms with Gasteiger partial charge in [-0.05, 0) is 98.0 Å². The summed E-state index contributed by atoms with van der Waals surface area (Å²) in [5, 5.41) is 11.6. The first-order chi connectivity index (χ1) is 16.0. The molecule has 5 heteroatoms. The molecular formula is C28H39NO4. The molecule has 5 nitrogen and oxygen atoms in total. The Hall–Kier alpha value is -2.11. The van der Waals surface area contributed by atoms with Crippen molar-refractivity contribution in [3.63, 3.8) is 0 Å². The molecule has 0 atom stereocenters. The summed E-state index contributed by atoms with van der Waals surface area (Å²) < 4.78 is 12.2. The van der Waals surface area contributed by atoms with Crippen molar-refractivity contribution in [2.45, 2.75) is 65.0 Å². The number of rotatable bonds is 9. The maximum atomic E-state index is 11.2. The van der Waals surface area contributed by atoms with Crippen LogP contribution >= 0.6 is 0 Å². The molecule has 0 aromatic heterocycles. The average Bonchev–Trinajstić information content (AvgIpc) is 2.80. The van der Waals surface area contributed by atoms with Crippen molar-refractivity contribution < 1.29 is 19.4 Å². The number of aliphatic carboxylic acids is 1. The zero-order valence-corrected chi connectivity index (χ0v) is 20.2. The van der Waals surface area contributed by atoms with E-state index in [1.807, 2.05) is 0 Å². The highest BCUT2D eigenvalue weighted by Crippen LogP contribution is 2.30. The van der Waals surface area contributed by atoms with Crippen molar-refractivity contribution in [1.29, 1.82) is 0 Å². The molecule has 1 N–H and O–H groups in total. The van der Waals surface area contributed by atoms with Crippen LogP contribution in [0.3, 0.4) is 0 Å². The molecule has 1 heterocycles. The first-order valence-corrected chi connectivity index (χ1v) is 12.7. The van der Waals surface area contributed by atoms with E-state index in [-0.39, 0.29) is 5.92 Å². The fourth-order valence-electron chi connectivity index (χ4n) is 5.12. The quantitative estimate of drug-likeness (QED) is 0.524. The van der Waals surface area contributed by atoms with Crippen molar-refractivity contribution in [1.82, 2.24) is 4.90 Å². The van der Waals surface area contributed by atoms with Crippen LogP contribution < -0.4 is 4.74 Å². The van der Waals surface area contributed by atoms with Gasteiger partial charge in [0.15, 0.2) is 0 Å². The Morgan fingerprint density at radius 1 is 1.00 bits per heavy atom. The minimum atomic E-state index is -0.651. The summed E-state index contributed by atoms with van der Waals surface area (Å²) in [6, 6.07) is 13.1. The molecule has 1 saturated heterocycles. The molecule has 0 unspecified atom stereocenters. The van der Waals surface area contributed by atoms with E-state index in [4.69, 9.17) is 9.47 Å². The molecular weight excluding hydrogens is 414 g/mol. The first kappa shape index (κ1) is 24.0. The summed E-state index contributed by atoms with van der Waals surface area (Å²) in [6.07, 6.45) is 6.37. The SMILES string of the molecule is CC(C)COC[C@H]1CC[C@H](Oc2ccc3cc(CN4CCC(C(=O)O)CC4)ccc3c2)CC1. The molecule has 0 bridgehead atoms. The summed E-state index contributed by atoms with van der Waals surface area (Å²) in [7, 11) is 0. The molecule has 2 aromatic rings. The Morgan fingerprint density at radius 3 is 2.39 bits per heavy atom. The van der Waals surface area contributed by atoms with Gasteiger partial charge >= 0.3 is 5.97 Å². The van der Waals surface area contributed by atoms with Crippen LogP contribution in [0.5, 0.6) is 5.75 Å². The number of ether oxygens (including phenoxy) is 2. The van der Waals surface area contributed by atoms with E-state index in [1.54, 1.807) is 0 Å². The minimum Gasteiger partial charge on any atom is -0.490 e. The monoisotopic (exact) mass is 453 g/mol. The van der Waals surface area contributed by atoms with E-state index < -0.39 is 5.97 Å². The molecule has 2 aromatic carbocycles. The second-order valence-corrected chi connectivity index (χ2v) is 10.4. The Kier molecular flexibility index (Phi) is 8.26. The van der Waals surface area contributed by atoms with E-state index in [0.29, 0.717) is 17.9 Å². The third kappa shape index (κ3) is 6.94.